The van der Waals surface area contributed by atoms with Gasteiger partial charge in [-0.2, -0.15) is 0 Å². The highest BCUT2D eigenvalue weighted by molar-refractivity contribution is 9.10. The van der Waals surface area contributed by atoms with Crippen molar-refractivity contribution in [3.63, 3.8) is 0 Å². The first kappa shape index (κ1) is 13.0. The summed E-state index contributed by atoms with van der Waals surface area (Å²) in [7, 11) is 0. The number of aliphatic hydroxyl groups excluding tert-OH is 1. The molecule has 0 bridgehead atoms. The van der Waals surface area contributed by atoms with Crippen molar-refractivity contribution in [3.8, 4) is 0 Å². The summed E-state index contributed by atoms with van der Waals surface area (Å²) >= 11 is 3.38. The molecule has 0 amide bonds. The van der Waals surface area contributed by atoms with Crippen LogP contribution in [0.15, 0.2) is 22.7 Å². The first-order valence-corrected chi connectivity index (χ1v) is 6.81. The van der Waals surface area contributed by atoms with E-state index >= 15 is 0 Å². The second-order valence-electron chi connectivity index (χ2n) is 4.56. The van der Waals surface area contributed by atoms with Crippen molar-refractivity contribution in [1.29, 1.82) is 0 Å². The molecule has 1 saturated heterocycles. The van der Waals surface area contributed by atoms with E-state index in [0.717, 1.165) is 29.4 Å². The van der Waals surface area contributed by atoms with Crippen molar-refractivity contribution in [1.82, 2.24) is 5.32 Å². The van der Waals surface area contributed by atoms with Gasteiger partial charge in [0.05, 0.1) is 6.10 Å². The lowest BCUT2D eigenvalue weighted by Gasteiger charge is -2.28. The molecule has 2 unspecified atom stereocenters. The quantitative estimate of drug-likeness (QED) is 0.899. The average Bonchev–Trinajstić information content (AvgIpc) is 2.35. The lowest BCUT2D eigenvalue weighted by molar-refractivity contribution is 0.113. The van der Waals surface area contributed by atoms with Crippen LogP contribution in [-0.2, 0) is 6.42 Å². The number of halogens is 2. The molecule has 2 rings (SSSR count). The maximum Gasteiger partial charge on any atom is 0.123 e. The van der Waals surface area contributed by atoms with E-state index in [1.54, 1.807) is 6.07 Å². The number of nitrogens with one attached hydrogen (secondary N) is 1. The minimum atomic E-state index is -0.451. The van der Waals surface area contributed by atoms with Crippen LogP contribution in [0.25, 0.3) is 0 Å². The Kier molecular flexibility index (Phi) is 4.54. The van der Waals surface area contributed by atoms with Crippen molar-refractivity contribution >= 4 is 15.9 Å². The highest BCUT2D eigenvalue weighted by atomic mass is 79.9. The Labute approximate surface area is 109 Å². The predicted molar refractivity (Wildman–Crippen MR) is 69.5 cm³/mol. The molecule has 1 aliphatic rings. The van der Waals surface area contributed by atoms with Crippen LogP contribution in [-0.4, -0.2) is 23.8 Å². The van der Waals surface area contributed by atoms with Crippen molar-refractivity contribution in [2.24, 2.45) is 0 Å². The summed E-state index contributed by atoms with van der Waals surface area (Å²) in [6.45, 7) is 0.964. The van der Waals surface area contributed by atoms with Gasteiger partial charge in [-0.1, -0.05) is 22.4 Å². The predicted octanol–water partition coefficient (Wildman–Crippen LogP) is 2.63. The van der Waals surface area contributed by atoms with Gasteiger partial charge in [-0.3, -0.25) is 0 Å². The average molecular weight is 302 g/mol. The Morgan fingerprint density at radius 2 is 2.29 bits per heavy atom. The topological polar surface area (TPSA) is 32.3 Å². The molecule has 2 atom stereocenters. The lowest BCUT2D eigenvalue weighted by Crippen LogP contribution is -2.44. The Hall–Kier alpha value is -0.450. The van der Waals surface area contributed by atoms with Gasteiger partial charge in [0.1, 0.15) is 5.82 Å². The van der Waals surface area contributed by atoms with Crippen molar-refractivity contribution in [3.05, 3.63) is 34.1 Å². The molecule has 0 saturated carbocycles. The summed E-state index contributed by atoms with van der Waals surface area (Å²) in [5, 5.41) is 13.5. The fourth-order valence-corrected chi connectivity index (χ4v) is 2.68. The van der Waals surface area contributed by atoms with Gasteiger partial charge in [-0.15, -0.1) is 0 Å². The molecule has 2 N–H and O–H groups in total. The lowest BCUT2D eigenvalue weighted by atomic mass is 9.95. The molecule has 0 aromatic heterocycles. The Morgan fingerprint density at radius 1 is 1.47 bits per heavy atom. The van der Waals surface area contributed by atoms with Gasteiger partial charge in [-0.25, -0.2) is 4.39 Å². The number of piperidine rings is 1. The van der Waals surface area contributed by atoms with E-state index in [-0.39, 0.29) is 11.9 Å². The molecular formula is C13H17BrFNO. The monoisotopic (exact) mass is 301 g/mol. The second-order valence-corrected chi connectivity index (χ2v) is 5.42. The molecule has 4 heteroatoms. The minimum absolute atomic E-state index is 0.138. The summed E-state index contributed by atoms with van der Waals surface area (Å²) < 4.78 is 14.0. The summed E-state index contributed by atoms with van der Waals surface area (Å²) in [6, 6.07) is 4.72. The molecule has 17 heavy (non-hydrogen) atoms. The normalized spacial score (nSPS) is 22.4. The number of benzene rings is 1. The number of aliphatic hydroxyl groups is 1. The summed E-state index contributed by atoms with van der Waals surface area (Å²) in [6.07, 6.45) is 3.35. The van der Waals surface area contributed by atoms with Gasteiger partial charge in [0.15, 0.2) is 0 Å². The third-order valence-electron chi connectivity index (χ3n) is 3.25. The van der Waals surface area contributed by atoms with Gasteiger partial charge in [-0.05, 0) is 43.1 Å². The highest BCUT2D eigenvalue weighted by Gasteiger charge is 2.22. The second kappa shape index (κ2) is 5.94. The SMILES string of the molecule is OC(Cc1cc(F)ccc1Br)C1CCCCN1. The molecule has 1 aromatic carbocycles. The molecule has 0 spiro atoms. The van der Waals surface area contributed by atoms with Crippen molar-refractivity contribution < 1.29 is 9.50 Å². The Balaban J connectivity index is 2.01. The fraction of sp³-hybridized carbons (Fsp3) is 0.538. The van der Waals surface area contributed by atoms with E-state index in [0.29, 0.717) is 6.42 Å². The third-order valence-corrected chi connectivity index (χ3v) is 4.02. The van der Waals surface area contributed by atoms with Crippen LogP contribution >= 0.6 is 15.9 Å². The number of hydrogen-bond acceptors (Lipinski definition) is 2. The Bertz CT molecular complexity index is 380. The molecule has 1 aliphatic heterocycles. The minimum Gasteiger partial charge on any atom is -0.391 e. The molecule has 94 valence electrons. The first-order chi connectivity index (χ1) is 8.16. The van der Waals surface area contributed by atoms with Crippen LogP contribution in [0, 0.1) is 5.82 Å². The van der Waals surface area contributed by atoms with Crippen LogP contribution in [0.1, 0.15) is 24.8 Å². The maximum absolute atomic E-state index is 13.1. The molecule has 0 aliphatic carbocycles. The zero-order valence-electron chi connectivity index (χ0n) is 9.63. The summed E-state index contributed by atoms with van der Waals surface area (Å²) in [5.74, 6) is -0.257. The van der Waals surface area contributed by atoms with Crippen molar-refractivity contribution in [2.75, 3.05) is 6.54 Å². The molecule has 1 fully saturated rings. The number of rotatable bonds is 3. The van der Waals surface area contributed by atoms with E-state index in [1.165, 1.54) is 18.6 Å². The van der Waals surface area contributed by atoms with Crippen LogP contribution in [0.4, 0.5) is 4.39 Å². The zero-order valence-corrected chi connectivity index (χ0v) is 11.2. The van der Waals surface area contributed by atoms with Crippen LogP contribution in [0.5, 0.6) is 0 Å². The van der Waals surface area contributed by atoms with E-state index in [4.69, 9.17) is 0 Å². The largest absolute Gasteiger partial charge is 0.391 e. The van der Waals surface area contributed by atoms with E-state index < -0.39 is 6.10 Å². The van der Waals surface area contributed by atoms with Gasteiger partial charge in [0.2, 0.25) is 0 Å². The van der Waals surface area contributed by atoms with E-state index in [2.05, 4.69) is 21.2 Å². The molecule has 1 heterocycles. The van der Waals surface area contributed by atoms with Crippen LogP contribution in [0.3, 0.4) is 0 Å². The van der Waals surface area contributed by atoms with E-state index in [9.17, 15) is 9.50 Å². The van der Waals surface area contributed by atoms with Crippen molar-refractivity contribution in [2.45, 2.75) is 37.8 Å². The molecule has 1 aromatic rings. The molecular weight excluding hydrogens is 285 g/mol. The zero-order chi connectivity index (χ0) is 12.3. The number of hydrogen-bond donors (Lipinski definition) is 2. The van der Waals surface area contributed by atoms with Gasteiger partial charge < -0.3 is 10.4 Å². The van der Waals surface area contributed by atoms with E-state index in [1.807, 2.05) is 0 Å². The summed E-state index contributed by atoms with van der Waals surface area (Å²) in [4.78, 5) is 0. The standard InChI is InChI=1S/C13H17BrFNO/c14-11-5-4-10(15)7-9(11)8-13(17)12-3-1-2-6-16-12/h4-5,7,12-13,16-17H,1-3,6,8H2. The smallest absolute Gasteiger partial charge is 0.123 e. The summed E-state index contributed by atoms with van der Waals surface area (Å²) in [5.41, 5.74) is 0.824. The fourth-order valence-electron chi connectivity index (χ4n) is 2.27. The van der Waals surface area contributed by atoms with Gasteiger partial charge in [0, 0.05) is 16.9 Å². The van der Waals surface area contributed by atoms with Crippen LogP contribution < -0.4 is 5.32 Å². The van der Waals surface area contributed by atoms with Gasteiger partial charge >= 0.3 is 0 Å². The third kappa shape index (κ3) is 3.50. The van der Waals surface area contributed by atoms with Gasteiger partial charge in [0.25, 0.3) is 0 Å². The Morgan fingerprint density at radius 3 is 3.00 bits per heavy atom. The maximum atomic E-state index is 13.1. The van der Waals surface area contributed by atoms with Crippen LogP contribution in [0.2, 0.25) is 0 Å². The highest BCUT2D eigenvalue weighted by Crippen LogP contribution is 2.21. The molecule has 0 radical (unpaired) electrons. The molecule has 2 nitrogen and oxygen atoms in total. The first-order valence-electron chi connectivity index (χ1n) is 6.02.